The highest BCUT2D eigenvalue weighted by Crippen LogP contribution is 2.25. The second-order valence-corrected chi connectivity index (χ2v) is 5.20. The minimum Gasteiger partial charge on any atom is -0.384 e. The van der Waals surface area contributed by atoms with Crippen molar-refractivity contribution >= 4 is 39.1 Å². The van der Waals surface area contributed by atoms with E-state index in [0.717, 1.165) is 10.2 Å². The molecule has 0 aromatic heterocycles. The summed E-state index contributed by atoms with van der Waals surface area (Å²) >= 11 is 9.18. The number of nitrogens with one attached hydrogen (secondary N) is 1. The number of rotatable bonds is 5. The summed E-state index contributed by atoms with van der Waals surface area (Å²) in [4.78, 5) is 11.7. The van der Waals surface area contributed by atoms with E-state index in [1.54, 1.807) is 25.3 Å². The number of carbonyl (C=O) groups excluding carboxylic acids is 1. The van der Waals surface area contributed by atoms with E-state index in [1.807, 2.05) is 6.92 Å². The number of anilines is 1. The summed E-state index contributed by atoms with van der Waals surface area (Å²) in [6.07, 6.45) is 0.439. The van der Waals surface area contributed by atoms with Crippen LogP contribution in [0, 0.1) is 5.92 Å². The van der Waals surface area contributed by atoms with E-state index in [-0.39, 0.29) is 11.8 Å². The Labute approximate surface area is 115 Å². The first-order chi connectivity index (χ1) is 8.02. The molecule has 0 aliphatic rings. The Morgan fingerprint density at radius 2 is 2.29 bits per heavy atom. The van der Waals surface area contributed by atoms with Crippen molar-refractivity contribution in [2.24, 2.45) is 5.92 Å². The molecule has 5 heteroatoms. The first kappa shape index (κ1) is 14.5. The van der Waals surface area contributed by atoms with Crippen LogP contribution in [-0.2, 0) is 9.53 Å². The van der Waals surface area contributed by atoms with Crippen molar-refractivity contribution in [1.29, 1.82) is 0 Å². The van der Waals surface area contributed by atoms with Crippen molar-refractivity contribution in [1.82, 2.24) is 0 Å². The molecule has 0 bridgehead atoms. The molecule has 0 saturated carbocycles. The molecule has 0 radical (unpaired) electrons. The summed E-state index contributed by atoms with van der Waals surface area (Å²) in [5.74, 6) is 0.180. The maximum atomic E-state index is 11.7. The lowest BCUT2D eigenvalue weighted by atomic mass is 10.1. The number of halogens is 2. The standard InChI is InChI=1S/C12H15BrClNO2/c1-8(7-17-2)5-12(16)15-9-3-4-11(14)10(13)6-9/h3-4,6,8H,5,7H2,1-2H3,(H,15,16). The van der Waals surface area contributed by atoms with Gasteiger partial charge in [0.1, 0.15) is 0 Å². The maximum Gasteiger partial charge on any atom is 0.224 e. The van der Waals surface area contributed by atoms with E-state index in [2.05, 4.69) is 21.2 Å². The zero-order valence-corrected chi connectivity index (χ0v) is 12.1. The number of carbonyl (C=O) groups is 1. The van der Waals surface area contributed by atoms with Gasteiger partial charge in [0.2, 0.25) is 5.91 Å². The summed E-state index contributed by atoms with van der Waals surface area (Å²) in [5, 5.41) is 3.44. The first-order valence-corrected chi connectivity index (χ1v) is 6.44. The van der Waals surface area contributed by atoms with Crippen LogP contribution in [0.4, 0.5) is 5.69 Å². The number of methoxy groups -OCH3 is 1. The van der Waals surface area contributed by atoms with Gasteiger partial charge in [-0.2, -0.15) is 0 Å². The molecule has 17 heavy (non-hydrogen) atoms. The second-order valence-electron chi connectivity index (χ2n) is 3.94. The fraction of sp³-hybridized carbons (Fsp3) is 0.417. The largest absolute Gasteiger partial charge is 0.384 e. The molecule has 94 valence electrons. The lowest BCUT2D eigenvalue weighted by Crippen LogP contribution is -2.17. The highest BCUT2D eigenvalue weighted by atomic mass is 79.9. The maximum absolute atomic E-state index is 11.7. The van der Waals surface area contributed by atoms with E-state index in [0.29, 0.717) is 18.1 Å². The van der Waals surface area contributed by atoms with Gasteiger partial charge in [0.05, 0.1) is 5.02 Å². The van der Waals surface area contributed by atoms with Gasteiger partial charge in [-0.15, -0.1) is 0 Å². The van der Waals surface area contributed by atoms with Crippen LogP contribution in [0.5, 0.6) is 0 Å². The zero-order chi connectivity index (χ0) is 12.8. The van der Waals surface area contributed by atoms with Gasteiger partial charge >= 0.3 is 0 Å². The van der Waals surface area contributed by atoms with E-state index in [1.165, 1.54) is 0 Å². The van der Waals surface area contributed by atoms with E-state index in [4.69, 9.17) is 16.3 Å². The summed E-state index contributed by atoms with van der Waals surface area (Å²) in [6, 6.07) is 5.28. The zero-order valence-electron chi connectivity index (χ0n) is 9.80. The molecular formula is C12H15BrClNO2. The van der Waals surface area contributed by atoms with Gasteiger partial charge in [-0.1, -0.05) is 18.5 Å². The molecule has 0 aliphatic carbocycles. The van der Waals surface area contributed by atoms with Gasteiger partial charge in [0.25, 0.3) is 0 Å². The van der Waals surface area contributed by atoms with Crippen LogP contribution in [0.15, 0.2) is 22.7 Å². The third-order valence-electron chi connectivity index (χ3n) is 2.19. The molecule has 3 nitrogen and oxygen atoms in total. The predicted molar refractivity (Wildman–Crippen MR) is 73.4 cm³/mol. The fourth-order valence-corrected chi connectivity index (χ4v) is 1.94. The Morgan fingerprint density at radius 3 is 2.88 bits per heavy atom. The van der Waals surface area contributed by atoms with Crippen molar-refractivity contribution < 1.29 is 9.53 Å². The van der Waals surface area contributed by atoms with Crippen LogP contribution >= 0.6 is 27.5 Å². The van der Waals surface area contributed by atoms with Crippen molar-refractivity contribution in [2.45, 2.75) is 13.3 Å². The van der Waals surface area contributed by atoms with Crippen molar-refractivity contribution in [2.75, 3.05) is 19.0 Å². The summed E-state index contributed by atoms with van der Waals surface area (Å²) in [6.45, 7) is 2.55. The Kier molecular flexibility index (Phi) is 5.95. The summed E-state index contributed by atoms with van der Waals surface area (Å²) < 4.78 is 5.75. The number of hydrogen-bond acceptors (Lipinski definition) is 2. The Morgan fingerprint density at radius 1 is 1.59 bits per heavy atom. The molecule has 0 spiro atoms. The Hall–Kier alpha value is -0.580. The monoisotopic (exact) mass is 319 g/mol. The van der Waals surface area contributed by atoms with Crippen LogP contribution in [0.25, 0.3) is 0 Å². The van der Waals surface area contributed by atoms with Gasteiger partial charge in [-0.05, 0) is 40.0 Å². The van der Waals surface area contributed by atoms with Crippen LogP contribution < -0.4 is 5.32 Å². The molecule has 1 amide bonds. The smallest absolute Gasteiger partial charge is 0.224 e. The Balaban J connectivity index is 2.53. The van der Waals surface area contributed by atoms with E-state index in [9.17, 15) is 4.79 Å². The van der Waals surface area contributed by atoms with E-state index < -0.39 is 0 Å². The van der Waals surface area contributed by atoms with Gasteiger partial charge in [-0.3, -0.25) is 4.79 Å². The normalized spacial score (nSPS) is 12.2. The molecule has 0 heterocycles. The van der Waals surface area contributed by atoms with Gasteiger partial charge in [0, 0.05) is 30.3 Å². The summed E-state index contributed by atoms with van der Waals surface area (Å²) in [7, 11) is 1.63. The molecule has 0 aliphatic heterocycles. The van der Waals surface area contributed by atoms with Gasteiger partial charge < -0.3 is 10.1 Å². The first-order valence-electron chi connectivity index (χ1n) is 5.26. The van der Waals surface area contributed by atoms with Crippen molar-refractivity contribution in [3.8, 4) is 0 Å². The number of hydrogen-bond donors (Lipinski definition) is 1. The molecule has 0 fully saturated rings. The molecule has 1 aromatic carbocycles. The SMILES string of the molecule is COCC(C)CC(=O)Nc1ccc(Cl)c(Br)c1. The topological polar surface area (TPSA) is 38.3 Å². The molecule has 1 atom stereocenters. The van der Waals surface area contributed by atoms with E-state index >= 15 is 0 Å². The number of benzene rings is 1. The lowest BCUT2D eigenvalue weighted by molar-refractivity contribution is -0.117. The lowest BCUT2D eigenvalue weighted by Gasteiger charge is -2.10. The quantitative estimate of drug-likeness (QED) is 0.898. The van der Waals surface area contributed by atoms with Crippen LogP contribution in [-0.4, -0.2) is 19.6 Å². The molecule has 1 N–H and O–H groups in total. The van der Waals surface area contributed by atoms with Crippen molar-refractivity contribution in [3.05, 3.63) is 27.7 Å². The molecule has 0 saturated heterocycles. The summed E-state index contributed by atoms with van der Waals surface area (Å²) in [5.41, 5.74) is 0.732. The molecule has 1 aromatic rings. The number of amides is 1. The third kappa shape index (κ3) is 5.06. The molecule has 1 unspecified atom stereocenters. The number of ether oxygens (including phenoxy) is 1. The predicted octanol–water partition coefficient (Wildman–Crippen LogP) is 3.71. The highest BCUT2D eigenvalue weighted by molar-refractivity contribution is 9.10. The van der Waals surface area contributed by atoms with Crippen molar-refractivity contribution in [3.63, 3.8) is 0 Å². The average Bonchev–Trinajstić information content (AvgIpc) is 2.23. The minimum atomic E-state index is -0.0243. The third-order valence-corrected chi connectivity index (χ3v) is 3.40. The van der Waals surface area contributed by atoms with Gasteiger partial charge in [-0.25, -0.2) is 0 Å². The Bertz CT molecular complexity index is 398. The second kappa shape index (κ2) is 6.99. The molecular weight excluding hydrogens is 305 g/mol. The van der Waals surface area contributed by atoms with Crippen LogP contribution in [0.2, 0.25) is 5.02 Å². The van der Waals surface area contributed by atoms with Crippen LogP contribution in [0.3, 0.4) is 0 Å². The minimum absolute atomic E-state index is 0.0243. The van der Waals surface area contributed by atoms with Crippen LogP contribution in [0.1, 0.15) is 13.3 Å². The fourth-order valence-electron chi connectivity index (χ4n) is 1.45. The van der Waals surface area contributed by atoms with Gasteiger partial charge in [0.15, 0.2) is 0 Å². The average molecular weight is 321 g/mol. The molecule has 1 rings (SSSR count). The highest BCUT2D eigenvalue weighted by Gasteiger charge is 2.09.